The van der Waals surface area contributed by atoms with Crippen molar-refractivity contribution in [2.45, 2.75) is 26.0 Å². The number of benzene rings is 1. The number of rotatable bonds is 6. The Hall–Kier alpha value is -2.04. The summed E-state index contributed by atoms with van der Waals surface area (Å²) >= 11 is 0. The molecule has 0 aliphatic carbocycles. The van der Waals surface area contributed by atoms with Crippen molar-refractivity contribution in [2.24, 2.45) is 0 Å². The summed E-state index contributed by atoms with van der Waals surface area (Å²) in [4.78, 5) is 0. The van der Waals surface area contributed by atoms with E-state index in [1.807, 2.05) is 19.1 Å². The second kappa shape index (κ2) is 6.22. The summed E-state index contributed by atoms with van der Waals surface area (Å²) in [5, 5.41) is 3.23. The summed E-state index contributed by atoms with van der Waals surface area (Å²) in [5.74, 6) is 0.942. The number of anilines is 1. The maximum atomic E-state index is 12.1. The fourth-order valence-electron chi connectivity index (χ4n) is 1.83. The van der Waals surface area contributed by atoms with Crippen LogP contribution in [0.5, 0.6) is 5.75 Å². The Morgan fingerprint density at radius 2 is 2.11 bits per heavy atom. The van der Waals surface area contributed by atoms with Crippen LogP contribution in [0.4, 0.5) is 14.5 Å². The summed E-state index contributed by atoms with van der Waals surface area (Å²) in [6, 6.07) is 10.2. The van der Waals surface area contributed by atoms with Crippen LogP contribution in [0.3, 0.4) is 0 Å². The largest absolute Gasteiger partial charge is 0.467 e. The lowest BCUT2D eigenvalue weighted by molar-refractivity contribution is -0.0498. The van der Waals surface area contributed by atoms with Crippen LogP contribution in [0, 0.1) is 0 Å². The number of alkyl halides is 2. The molecular weight excluding hydrogens is 252 g/mol. The van der Waals surface area contributed by atoms with E-state index in [0.29, 0.717) is 5.69 Å². The molecule has 0 aliphatic rings. The minimum absolute atomic E-state index is 0.00296. The lowest BCUT2D eigenvalue weighted by atomic mass is 10.1. The number of hydrogen-bond acceptors (Lipinski definition) is 3. The van der Waals surface area contributed by atoms with E-state index in [0.717, 1.165) is 12.2 Å². The van der Waals surface area contributed by atoms with Crippen molar-refractivity contribution in [2.75, 3.05) is 5.32 Å². The van der Waals surface area contributed by atoms with Crippen molar-refractivity contribution in [1.29, 1.82) is 0 Å². The highest BCUT2D eigenvalue weighted by Crippen LogP contribution is 2.25. The van der Waals surface area contributed by atoms with Gasteiger partial charge in [0.25, 0.3) is 0 Å². The molecule has 0 radical (unpaired) electrons. The third kappa shape index (κ3) is 3.71. The molecule has 1 aromatic heterocycles. The van der Waals surface area contributed by atoms with Crippen LogP contribution >= 0.6 is 0 Å². The van der Waals surface area contributed by atoms with Crippen molar-refractivity contribution < 1.29 is 17.9 Å². The molecular formula is C14H15F2NO2. The molecule has 0 spiro atoms. The Labute approximate surface area is 110 Å². The maximum absolute atomic E-state index is 12.1. The van der Waals surface area contributed by atoms with E-state index in [4.69, 9.17) is 4.42 Å². The second-order valence-corrected chi connectivity index (χ2v) is 4.03. The average Bonchev–Trinajstić information content (AvgIpc) is 2.89. The summed E-state index contributed by atoms with van der Waals surface area (Å²) in [6.45, 7) is -0.804. The monoisotopic (exact) mass is 267 g/mol. The maximum Gasteiger partial charge on any atom is 0.387 e. The SMILES string of the molecule is CCC(Nc1cccc(OC(F)F)c1)c1ccco1. The van der Waals surface area contributed by atoms with Crippen molar-refractivity contribution >= 4 is 5.69 Å². The number of furan rings is 1. The molecule has 0 saturated carbocycles. The smallest absolute Gasteiger partial charge is 0.387 e. The van der Waals surface area contributed by atoms with Crippen LogP contribution in [0.15, 0.2) is 47.1 Å². The summed E-state index contributed by atoms with van der Waals surface area (Å²) in [7, 11) is 0. The molecule has 1 atom stereocenters. The highest BCUT2D eigenvalue weighted by atomic mass is 19.3. The molecule has 0 bridgehead atoms. The zero-order valence-corrected chi connectivity index (χ0v) is 10.5. The van der Waals surface area contributed by atoms with E-state index < -0.39 is 6.61 Å². The van der Waals surface area contributed by atoms with Gasteiger partial charge < -0.3 is 14.5 Å². The molecule has 3 nitrogen and oxygen atoms in total. The molecule has 1 aromatic carbocycles. The van der Waals surface area contributed by atoms with Gasteiger partial charge in [-0.2, -0.15) is 8.78 Å². The fourth-order valence-corrected chi connectivity index (χ4v) is 1.83. The van der Waals surface area contributed by atoms with Gasteiger partial charge in [-0.3, -0.25) is 0 Å². The molecule has 0 fully saturated rings. The predicted molar refractivity (Wildman–Crippen MR) is 68.4 cm³/mol. The van der Waals surface area contributed by atoms with Crippen molar-refractivity contribution in [3.05, 3.63) is 48.4 Å². The highest BCUT2D eigenvalue weighted by Gasteiger charge is 2.12. The summed E-state index contributed by atoms with van der Waals surface area (Å²) < 4.78 is 34.0. The number of ether oxygens (including phenoxy) is 1. The molecule has 2 aromatic rings. The topological polar surface area (TPSA) is 34.4 Å². The molecule has 19 heavy (non-hydrogen) atoms. The standard InChI is InChI=1S/C14H15F2NO2/c1-2-12(13-7-4-8-18-13)17-10-5-3-6-11(9-10)19-14(15)16/h3-9,12,14,17H,2H2,1H3. The minimum atomic E-state index is -2.82. The highest BCUT2D eigenvalue weighted by molar-refractivity contribution is 5.49. The number of hydrogen-bond donors (Lipinski definition) is 1. The van der Waals surface area contributed by atoms with Gasteiger partial charge >= 0.3 is 6.61 Å². The van der Waals surface area contributed by atoms with E-state index >= 15 is 0 Å². The van der Waals surface area contributed by atoms with Gasteiger partial charge in [-0.1, -0.05) is 13.0 Å². The first-order valence-corrected chi connectivity index (χ1v) is 6.04. The Balaban J connectivity index is 2.09. The lowest BCUT2D eigenvalue weighted by Crippen LogP contribution is -2.09. The van der Waals surface area contributed by atoms with E-state index in [1.165, 1.54) is 12.1 Å². The first kappa shape index (κ1) is 13.4. The summed E-state index contributed by atoms with van der Waals surface area (Å²) in [6.07, 6.45) is 2.42. The van der Waals surface area contributed by atoms with Gasteiger partial charge in [-0.05, 0) is 30.7 Å². The van der Waals surface area contributed by atoms with E-state index in [1.54, 1.807) is 18.4 Å². The first-order chi connectivity index (χ1) is 9.19. The molecule has 1 heterocycles. The molecule has 2 rings (SSSR count). The zero-order valence-electron chi connectivity index (χ0n) is 10.5. The number of nitrogens with one attached hydrogen (secondary N) is 1. The van der Waals surface area contributed by atoms with E-state index in [9.17, 15) is 8.78 Å². The number of halogens is 2. The van der Waals surface area contributed by atoms with Gasteiger partial charge in [-0.15, -0.1) is 0 Å². The molecule has 0 amide bonds. The molecule has 5 heteroatoms. The van der Waals surface area contributed by atoms with Crippen LogP contribution in [-0.2, 0) is 0 Å². The van der Waals surface area contributed by atoms with Crippen LogP contribution in [0.1, 0.15) is 25.1 Å². The molecule has 1 unspecified atom stereocenters. The minimum Gasteiger partial charge on any atom is -0.467 e. The molecule has 102 valence electrons. The van der Waals surface area contributed by atoms with Gasteiger partial charge in [0.15, 0.2) is 0 Å². The molecule has 1 N–H and O–H groups in total. The Morgan fingerprint density at radius 1 is 1.26 bits per heavy atom. The predicted octanol–water partition coefficient (Wildman–Crippen LogP) is 4.44. The van der Waals surface area contributed by atoms with Gasteiger partial charge in [0.2, 0.25) is 0 Å². The van der Waals surface area contributed by atoms with Gasteiger partial charge in [0.1, 0.15) is 11.5 Å². The van der Waals surface area contributed by atoms with Crippen LogP contribution in [0.25, 0.3) is 0 Å². The quantitative estimate of drug-likeness (QED) is 0.840. The van der Waals surface area contributed by atoms with Crippen LogP contribution in [-0.4, -0.2) is 6.61 Å². The van der Waals surface area contributed by atoms with Crippen molar-refractivity contribution in [3.8, 4) is 5.75 Å². The van der Waals surface area contributed by atoms with E-state index in [-0.39, 0.29) is 11.8 Å². The fraction of sp³-hybridized carbons (Fsp3) is 0.286. The van der Waals surface area contributed by atoms with Crippen LogP contribution < -0.4 is 10.1 Å². The van der Waals surface area contributed by atoms with Crippen LogP contribution in [0.2, 0.25) is 0 Å². The third-order valence-electron chi connectivity index (χ3n) is 2.69. The van der Waals surface area contributed by atoms with Gasteiger partial charge in [-0.25, -0.2) is 0 Å². The first-order valence-electron chi connectivity index (χ1n) is 6.04. The third-order valence-corrected chi connectivity index (χ3v) is 2.69. The zero-order chi connectivity index (χ0) is 13.7. The average molecular weight is 267 g/mol. The van der Waals surface area contributed by atoms with Gasteiger partial charge in [0.05, 0.1) is 12.3 Å². The Bertz CT molecular complexity index is 500. The molecule has 0 saturated heterocycles. The van der Waals surface area contributed by atoms with Gasteiger partial charge in [0, 0.05) is 11.8 Å². The Morgan fingerprint density at radius 3 is 2.74 bits per heavy atom. The lowest BCUT2D eigenvalue weighted by Gasteiger charge is -2.16. The molecule has 0 aliphatic heterocycles. The van der Waals surface area contributed by atoms with Crippen molar-refractivity contribution in [3.63, 3.8) is 0 Å². The second-order valence-electron chi connectivity index (χ2n) is 4.03. The summed E-state index contributed by atoms with van der Waals surface area (Å²) in [5.41, 5.74) is 0.710. The van der Waals surface area contributed by atoms with Crippen molar-refractivity contribution in [1.82, 2.24) is 0 Å². The normalized spacial score (nSPS) is 12.4. The Kier molecular flexibility index (Phi) is 4.39. The van der Waals surface area contributed by atoms with E-state index in [2.05, 4.69) is 10.1 Å².